The van der Waals surface area contributed by atoms with E-state index in [-0.39, 0.29) is 24.4 Å². The van der Waals surface area contributed by atoms with Crippen LogP contribution in [0.5, 0.6) is 0 Å². The van der Waals surface area contributed by atoms with E-state index in [1.54, 1.807) is 12.1 Å². The van der Waals surface area contributed by atoms with Gasteiger partial charge in [0, 0.05) is 19.0 Å². The number of anilines is 1. The van der Waals surface area contributed by atoms with Crippen molar-refractivity contribution < 1.29 is 18.0 Å². The zero-order chi connectivity index (χ0) is 30.2. The van der Waals surface area contributed by atoms with Gasteiger partial charge in [0.05, 0.1) is 11.9 Å². The van der Waals surface area contributed by atoms with E-state index in [0.717, 1.165) is 34.9 Å². The zero-order valence-corrected chi connectivity index (χ0v) is 25.8. The third-order valence-electron chi connectivity index (χ3n) is 7.25. The molecule has 0 saturated carbocycles. The lowest BCUT2D eigenvalue weighted by atomic mass is 10.0. The molecule has 8 heteroatoms. The van der Waals surface area contributed by atoms with Crippen molar-refractivity contribution in [3.63, 3.8) is 0 Å². The molecule has 3 rings (SSSR count). The van der Waals surface area contributed by atoms with Gasteiger partial charge in [-0.15, -0.1) is 0 Å². The number of carbonyl (C=O) groups excluding carboxylic acids is 2. The van der Waals surface area contributed by atoms with E-state index >= 15 is 0 Å². The van der Waals surface area contributed by atoms with Gasteiger partial charge in [0.2, 0.25) is 21.8 Å². The van der Waals surface area contributed by atoms with Gasteiger partial charge in [0.15, 0.2) is 0 Å². The van der Waals surface area contributed by atoms with Gasteiger partial charge < -0.3 is 10.2 Å². The molecular formula is C33H43N3O4S. The lowest BCUT2D eigenvalue weighted by Gasteiger charge is -2.34. The Labute approximate surface area is 245 Å². The summed E-state index contributed by atoms with van der Waals surface area (Å²) >= 11 is 0. The van der Waals surface area contributed by atoms with Crippen molar-refractivity contribution in [2.75, 3.05) is 17.1 Å². The molecule has 7 nitrogen and oxygen atoms in total. The lowest BCUT2D eigenvalue weighted by Crippen LogP contribution is -2.54. The Morgan fingerprint density at radius 3 is 2.05 bits per heavy atom. The third-order valence-corrected chi connectivity index (χ3v) is 8.38. The van der Waals surface area contributed by atoms with Gasteiger partial charge in [-0.2, -0.15) is 0 Å². The fraction of sp³-hybridized carbons (Fsp3) is 0.394. The van der Waals surface area contributed by atoms with Gasteiger partial charge in [-0.05, 0) is 48.9 Å². The molecule has 41 heavy (non-hydrogen) atoms. The molecule has 1 N–H and O–H groups in total. The first-order valence-electron chi connectivity index (χ1n) is 14.2. The number of para-hydroxylation sites is 1. The molecule has 0 aliphatic carbocycles. The van der Waals surface area contributed by atoms with E-state index in [1.807, 2.05) is 101 Å². The highest BCUT2D eigenvalue weighted by atomic mass is 32.2. The predicted molar refractivity (Wildman–Crippen MR) is 166 cm³/mol. The van der Waals surface area contributed by atoms with Crippen molar-refractivity contribution >= 4 is 27.5 Å². The van der Waals surface area contributed by atoms with Crippen LogP contribution in [-0.4, -0.2) is 50.0 Å². The molecular weight excluding hydrogens is 534 g/mol. The Morgan fingerprint density at radius 2 is 1.46 bits per heavy atom. The maximum Gasteiger partial charge on any atom is 0.244 e. The van der Waals surface area contributed by atoms with Crippen LogP contribution in [0.25, 0.3) is 0 Å². The van der Waals surface area contributed by atoms with Crippen LogP contribution in [0, 0.1) is 6.92 Å². The quantitative estimate of drug-likeness (QED) is 0.293. The van der Waals surface area contributed by atoms with Crippen molar-refractivity contribution in [3.05, 3.63) is 101 Å². The minimum Gasteiger partial charge on any atom is -0.352 e. The highest BCUT2D eigenvalue weighted by Gasteiger charge is 2.34. The number of nitrogens with one attached hydrogen (secondary N) is 1. The highest BCUT2D eigenvalue weighted by Crippen LogP contribution is 2.29. The molecule has 0 aliphatic heterocycles. The van der Waals surface area contributed by atoms with Crippen LogP contribution in [-0.2, 0) is 32.6 Å². The summed E-state index contributed by atoms with van der Waals surface area (Å²) in [5.41, 5.74) is 4.13. The molecule has 0 radical (unpaired) electrons. The van der Waals surface area contributed by atoms with Crippen LogP contribution < -0.4 is 9.62 Å². The topological polar surface area (TPSA) is 86.8 Å². The van der Waals surface area contributed by atoms with Gasteiger partial charge in [-0.3, -0.25) is 13.9 Å². The van der Waals surface area contributed by atoms with Crippen molar-refractivity contribution in [2.24, 2.45) is 0 Å². The molecule has 0 fully saturated rings. The summed E-state index contributed by atoms with van der Waals surface area (Å²) in [7, 11) is -3.82. The van der Waals surface area contributed by atoms with Gasteiger partial charge in [-0.25, -0.2) is 8.42 Å². The fourth-order valence-electron chi connectivity index (χ4n) is 4.68. The highest BCUT2D eigenvalue weighted by molar-refractivity contribution is 7.92. The maximum atomic E-state index is 14.3. The van der Waals surface area contributed by atoms with Crippen molar-refractivity contribution in [3.8, 4) is 0 Å². The van der Waals surface area contributed by atoms with Crippen molar-refractivity contribution in [2.45, 2.75) is 72.0 Å². The second-order valence-electron chi connectivity index (χ2n) is 11.0. The molecule has 3 aromatic carbocycles. The number of rotatable bonds is 13. The average molecular weight is 578 g/mol. The molecule has 0 bridgehead atoms. The van der Waals surface area contributed by atoms with Crippen LogP contribution in [0.4, 0.5) is 5.69 Å². The summed E-state index contributed by atoms with van der Waals surface area (Å²) in [6.07, 6.45) is 2.14. The Hall–Kier alpha value is -3.65. The maximum absolute atomic E-state index is 14.3. The first-order valence-corrected chi connectivity index (χ1v) is 16.0. The summed E-state index contributed by atoms with van der Waals surface area (Å²) in [6, 6.07) is 23.7. The predicted octanol–water partition coefficient (Wildman–Crippen LogP) is 5.44. The first kappa shape index (κ1) is 31.9. The molecule has 0 unspecified atom stereocenters. The van der Waals surface area contributed by atoms with Crippen molar-refractivity contribution in [1.82, 2.24) is 10.2 Å². The number of hydrogen-bond acceptors (Lipinski definition) is 4. The number of aryl methyl sites for hydroxylation is 1. The summed E-state index contributed by atoms with van der Waals surface area (Å²) in [5, 5.41) is 3.05. The number of amides is 2. The van der Waals surface area contributed by atoms with Crippen LogP contribution >= 0.6 is 0 Å². The Kier molecular flexibility index (Phi) is 11.1. The van der Waals surface area contributed by atoms with E-state index < -0.39 is 28.5 Å². The SMILES string of the molecule is CC[C@H](C)NC(=O)[C@H](Cc1ccccc1)N(Cc1ccc(C)cc1)C(=O)CN(c1ccccc1C(C)C)S(C)(=O)=O. The zero-order valence-electron chi connectivity index (χ0n) is 25.0. The van der Waals surface area contributed by atoms with Gasteiger partial charge in [-0.1, -0.05) is 99.1 Å². The van der Waals surface area contributed by atoms with E-state index in [1.165, 1.54) is 9.21 Å². The number of sulfonamides is 1. The van der Waals surface area contributed by atoms with Gasteiger partial charge in [0.1, 0.15) is 12.6 Å². The average Bonchev–Trinajstić information content (AvgIpc) is 2.94. The van der Waals surface area contributed by atoms with Gasteiger partial charge >= 0.3 is 0 Å². The van der Waals surface area contributed by atoms with Crippen LogP contribution in [0.1, 0.15) is 62.3 Å². The molecule has 220 valence electrons. The molecule has 2 atom stereocenters. The summed E-state index contributed by atoms with van der Waals surface area (Å²) < 4.78 is 27.4. The molecule has 3 aromatic rings. The summed E-state index contributed by atoms with van der Waals surface area (Å²) in [6.45, 7) is 9.62. The molecule has 2 amide bonds. The third kappa shape index (κ3) is 8.92. The van der Waals surface area contributed by atoms with E-state index in [2.05, 4.69) is 5.32 Å². The number of hydrogen-bond donors (Lipinski definition) is 1. The van der Waals surface area contributed by atoms with E-state index in [0.29, 0.717) is 12.1 Å². The Morgan fingerprint density at radius 1 is 0.854 bits per heavy atom. The normalized spacial score (nSPS) is 13.0. The number of benzene rings is 3. The first-order chi connectivity index (χ1) is 19.4. The number of nitrogens with zero attached hydrogens (tertiary/aromatic N) is 2. The van der Waals surface area contributed by atoms with Crippen LogP contribution in [0.3, 0.4) is 0 Å². The Bertz CT molecular complexity index is 1410. The second-order valence-corrected chi connectivity index (χ2v) is 12.9. The monoisotopic (exact) mass is 577 g/mol. The van der Waals surface area contributed by atoms with Crippen molar-refractivity contribution in [1.29, 1.82) is 0 Å². The minimum absolute atomic E-state index is 0.0429. The molecule has 0 spiro atoms. The number of carbonyl (C=O) groups is 2. The molecule has 0 heterocycles. The van der Waals surface area contributed by atoms with Crippen LogP contribution in [0.15, 0.2) is 78.9 Å². The Balaban J connectivity index is 2.09. The van der Waals surface area contributed by atoms with E-state index in [9.17, 15) is 18.0 Å². The largest absolute Gasteiger partial charge is 0.352 e. The fourth-order valence-corrected chi connectivity index (χ4v) is 5.55. The molecule has 0 aliphatic rings. The van der Waals surface area contributed by atoms with Crippen LogP contribution in [0.2, 0.25) is 0 Å². The standard InChI is InChI=1S/C33H43N3O4S/c1-7-26(5)34-33(38)31(21-27-13-9-8-10-14-27)35(22-28-19-17-25(4)18-20-28)32(37)23-36(41(6,39)40)30-16-12-11-15-29(30)24(2)3/h8-20,24,26,31H,7,21-23H2,1-6H3,(H,34,38)/t26-,31-/m0/s1. The van der Waals surface area contributed by atoms with Gasteiger partial charge in [0.25, 0.3) is 0 Å². The molecule has 0 aromatic heterocycles. The van der Waals surface area contributed by atoms with E-state index in [4.69, 9.17) is 0 Å². The summed E-state index contributed by atoms with van der Waals surface area (Å²) in [4.78, 5) is 29.6. The molecule has 0 saturated heterocycles. The lowest BCUT2D eigenvalue weighted by molar-refractivity contribution is -0.140. The summed E-state index contributed by atoms with van der Waals surface area (Å²) in [5.74, 6) is -0.673. The minimum atomic E-state index is -3.82. The second kappa shape index (κ2) is 14.3. The smallest absolute Gasteiger partial charge is 0.244 e.